The van der Waals surface area contributed by atoms with Crippen molar-refractivity contribution in [1.82, 2.24) is 0 Å². The normalized spacial score (nSPS) is 11.1. The summed E-state index contributed by atoms with van der Waals surface area (Å²) in [5.74, 6) is -1.04. The van der Waals surface area contributed by atoms with Crippen LogP contribution in [-0.2, 0) is 0 Å². The second kappa shape index (κ2) is 7.94. The maximum atomic E-state index is 13.3. The van der Waals surface area contributed by atoms with Gasteiger partial charge in [0.2, 0.25) is 5.78 Å². The van der Waals surface area contributed by atoms with Gasteiger partial charge in [-0.25, -0.2) is 9.18 Å². The first kappa shape index (κ1) is 18.4. The van der Waals surface area contributed by atoms with Gasteiger partial charge >= 0.3 is 5.97 Å². The Hall–Kier alpha value is -3.99. The molecule has 5 heteroatoms. The van der Waals surface area contributed by atoms with Crippen LogP contribution in [0.15, 0.2) is 89.4 Å². The highest BCUT2D eigenvalue weighted by Gasteiger charge is 2.13. The Morgan fingerprint density at radius 3 is 2.52 bits per heavy atom. The Labute approximate surface area is 165 Å². The number of halogens is 1. The number of esters is 1. The van der Waals surface area contributed by atoms with Crippen LogP contribution in [-0.4, -0.2) is 11.8 Å². The lowest BCUT2D eigenvalue weighted by Gasteiger charge is -2.07. The summed E-state index contributed by atoms with van der Waals surface area (Å²) in [4.78, 5) is 24.7. The Kier molecular flexibility index (Phi) is 5.03. The third-order valence-electron chi connectivity index (χ3n) is 4.26. The highest BCUT2D eigenvalue weighted by molar-refractivity contribution is 6.07. The van der Waals surface area contributed by atoms with Gasteiger partial charge < -0.3 is 9.15 Å². The summed E-state index contributed by atoms with van der Waals surface area (Å²) in [5, 5.41) is 0.841. The fourth-order valence-electron chi connectivity index (χ4n) is 2.84. The number of ketones is 1. The van der Waals surface area contributed by atoms with Gasteiger partial charge in [0, 0.05) is 10.9 Å². The fourth-order valence-corrected chi connectivity index (χ4v) is 2.84. The van der Waals surface area contributed by atoms with Crippen molar-refractivity contribution in [2.45, 2.75) is 0 Å². The van der Waals surface area contributed by atoms with Gasteiger partial charge in [-0.15, -0.1) is 0 Å². The number of carbonyl (C=O) groups excluding carboxylic acids is 2. The predicted octanol–water partition coefficient (Wildman–Crippen LogP) is 5.69. The van der Waals surface area contributed by atoms with Crippen LogP contribution in [0.4, 0.5) is 4.39 Å². The monoisotopic (exact) mass is 386 g/mol. The number of para-hydroxylation sites is 2. The smallest absolute Gasteiger partial charge is 0.343 e. The van der Waals surface area contributed by atoms with E-state index in [9.17, 15) is 14.0 Å². The van der Waals surface area contributed by atoms with E-state index in [0.29, 0.717) is 11.1 Å². The van der Waals surface area contributed by atoms with E-state index < -0.39 is 11.8 Å². The van der Waals surface area contributed by atoms with Crippen LogP contribution >= 0.6 is 0 Å². The molecule has 0 unspecified atom stereocenters. The molecule has 29 heavy (non-hydrogen) atoms. The van der Waals surface area contributed by atoms with E-state index in [-0.39, 0.29) is 22.9 Å². The largest absolute Gasteiger partial charge is 0.453 e. The number of furan rings is 1. The summed E-state index contributed by atoms with van der Waals surface area (Å²) in [7, 11) is 0. The molecule has 0 aliphatic carbocycles. The van der Waals surface area contributed by atoms with Gasteiger partial charge in [-0.2, -0.15) is 0 Å². The van der Waals surface area contributed by atoms with E-state index in [0.717, 1.165) is 11.5 Å². The van der Waals surface area contributed by atoms with Crippen molar-refractivity contribution in [3.05, 3.63) is 108 Å². The minimum absolute atomic E-state index is 0.0992. The van der Waals surface area contributed by atoms with E-state index in [4.69, 9.17) is 9.15 Å². The molecule has 0 amide bonds. The SMILES string of the molecule is O=C(Oc1ccccc1/C=C\C(=O)c1cc2ccccc2o1)c1cccc(F)c1. The molecule has 4 rings (SSSR count). The lowest BCUT2D eigenvalue weighted by atomic mass is 10.1. The lowest BCUT2D eigenvalue weighted by molar-refractivity contribution is 0.0733. The standard InChI is InChI=1S/C24H15FO4/c25-19-9-5-8-18(14-19)24(27)29-21-10-3-1-6-16(21)12-13-20(26)23-15-17-7-2-4-11-22(17)28-23/h1-15H/b13-12-. The maximum absolute atomic E-state index is 13.3. The quantitative estimate of drug-likeness (QED) is 0.191. The van der Waals surface area contributed by atoms with E-state index >= 15 is 0 Å². The Balaban J connectivity index is 1.54. The summed E-state index contributed by atoms with van der Waals surface area (Å²) in [6.07, 6.45) is 2.90. The van der Waals surface area contributed by atoms with Gasteiger partial charge in [-0.1, -0.05) is 42.5 Å². The topological polar surface area (TPSA) is 56.5 Å². The average molecular weight is 386 g/mol. The molecule has 0 aliphatic rings. The van der Waals surface area contributed by atoms with Gasteiger partial charge in [-0.05, 0) is 48.6 Å². The van der Waals surface area contributed by atoms with Gasteiger partial charge in [0.05, 0.1) is 5.56 Å². The predicted molar refractivity (Wildman–Crippen MR) is 107 cm³/mol. The molecule has 0 N–H and O–H groups in total. The van der Waals surface area contributed by atoms with Crippen molar-refractivity contribution in [2.24, 2.45) is 0 Å². The number of hydrogen-bond donors (Lipinski definition) is 0. The third-order valence-corrected chi connectivity index (χ3v) is 4.26. The minimum Gasteiger partial charge on any atom is -0.453 e. The lowest BCUT2D eigenvalue weighted by Crippen LogP contribution is -2.09. The third kappa shape index (κ3) is 4.14. The zero-order valence-electron chi connectivity index (χ0n) is 15.2. The van der Waals surface area contributed by atoms with Crippen molar-refractivity contribution in [1.29, 1.82) is 0 Å². The first-order valence-electron chi connectivity index (χ1n) is 8.88. The number of hydrogen-bond acceptors (Lipinski definition) is 4. The molecule has 4 nitrogen and oxygen atoms in total. The van der Waals surface area contributed by atoms with E-state index in [1.165, 1.54) is 24.3 Å². The first-order chi connectivity index (χ1) is 14.1. The Morgan fingerprint density at radius 2 is 1.69 bits per heavy atom. The molecule has 3 aromatic carbocycles. The van der Waals surface area contributed by atoms with Crippen molar-refractivity contribution >= 4 is 28.8 Å². The number of allylic oxidation sites excluding steroid dienone is 1. The van der Waals surface area contributed by atoms with E-state index in [1.54, 1.807) is 42.5 Å². The van der Waals surface area contributed by atoms with Crippen molar-refractivity contribution in [2.75, 3.05) is 0 Å². The van der Waals surface area contributed by atoms with Gasteiger partial charge in [0.15, 0.2) is 5.76 Å². The summed E-state index contributed by atoms with van der Waals surface area (Å²) in [5.41, 5.74) is 1.26. The molecule has 1 aromatic heterocycles. The van der Waals surface area contributed by atoms with Crippen LogP contribution in [0.5, 0.6) is 5.75 Å². The maximum Gasteiger partial charge on any atom is 0.343 e. The second-order valence-electron chi connectivity index (χ2n) is 6.28. The molecule has 0 saturated heterocycles. The fraction of sp³-hybridized carbons (Fsp3) is 0. The van der Waals surface area contributed by atoms with Crippen LogP contribution in [0.2, 0.25) is 0 Å². The molecule has 0 saturated carbocycles. The second-order valence-corrected chi connectivity index (χ2v) is 6.28. The Morgan fingerprint density at radius 1 is 0.897 bits per heavy atom. The highest BCUT2D eigenvalue weighted by atomic mass is 19.1. The highest BCUT2D eigenvalue weighted by Crippen LogP contribution is 2.23. The van der Waals surface area contributed by atoms with Crippen molar-refractivity contribution in [3.63, 3.8) is 0 Å². The number of fused-ring (bicyclic) bond motifs is 1. The van der Waals surface area contributed by atoms with Crippen LogP contribution in [0, 0.1) is 5.82 Å². The molecule has 0 atom stereocenters. The molecular formula is C24H15FO4. The number of rotatable bonds is 5. The summed E-state index contributed by atoms with van der Waals surface area (Å²) >= 11 is 0. The average Bonchev–Trinajstić information content (AvgIpc) is 3.17. The molecule has 4 aromatic rings. The molecule has 0 aliphatic heterocycles. The van der Waals surface area contributed by atoms with Crippen molar-refractivity contribution < 1.29 is 23.1 Å². The van der Waals surface area contributed by atoms with Gasteiger partial charge in [-0.3, -0.25) is 4.79 Å². The van der Waals surface area contributed by atoms with Crippen LogP contribution < -0.4 is 4.74 Å². The van der Waals surface area contributed by atoms with Crippen LogP contribution in [0.1, 0.15) is 26.5 Å². The molecule has 142 valence electrons. The first-order valence-corrected chi connectivity index (χ1v) is 8.88. The zero-order chi connectivity index (χ0) is 20.2. The Bertz CT molecular complexity index is 1200. The minimum atomic E-state index is -0.686. The molecule has 1 heterocycles. The molecule has 0 spiro atoms. The number of ether oxygens (including phenoxy) is 1. The number of carbonyl (C=O) groups is 2. The van der Waals surface area contributed by atoms with E-state index in [1.807, 2.05) is 18.2 Å². The van der Waals surface area contributed by atoms with Gasteiger partial charge in [0.1, 0.15) is 17.1 Å². The van der Waals surface area contributed by atoms with Crippen LogP contribution in [0.25, 0.3) is 17.0 Å². The summed E-state index contributed by atoms with van der Waals surface area (Å²) < 4.78 is 24.3. The molecule has 0 bridgehead atoms. The summed E-state index contributed by atoms with van der Waals surface area (Å²) in [6.45, 7) is 0. The van der Waals surface area contributed by atoms with Crippen LogP contribution in [0.3, 0.4) is 0 Å². The molecule has 0 fully saturated rings. The van der Waals surface area contributed by atoms with Gasteiger partial charge in [0.25, 0.3) is 0 Å². The molecular weight excluding hydrogens is 371 g/mol. The van der Waals surface area contributed by atoms with E-state index in [2.05, 4.69) is 0 Å². The molecule has 0 radical (unpaired) electrons. The zero-order valence-corrected chi connectivity index (χ0v) is 15.2. The van der Waals surface area contributed by atoms with Crippen molar-refractivity contribution in [3.8, 4) is 5.75 Å². The number of benzene rings is 3. The summed E-state index contributed by atoms with van der Waals surface area (Å²) in [6, 6.07) is 21.0.